The monoisotopic (exact) mass is 458 g/mol. The zero-order chi connectivity index (χ0) is 15.2. The first kappa shape index (κ1) is 35.6. The Morgan fingerprint density at radius 1 is 1.04 bits per heavy atom. The Balaban J connectivity index is -0.0000000889. The topological polar surface area (TPSA) is 269 Å². The van der Waals surface area contributed by atoms with E-state index in [4.69, 9.17) is 0 Å². The number of allylic oxidation sites excluding steroid dienone is 2. The molecule has 1 unspecified atom stereocenters. The van der Waals surface area contributed by atoms with E-state index in [2.05, 4.69) is 10.6 Å². The van der Waals surface area contributed by atoms with Crippen LogP contribution in [0, 0.1) is 0 Å². The molecule has 0 amide bonds. The Hall–Kier alpha value is -0.477. The molecule has 2 rings (SSSR count). The maximum absolute atomic E-state index is 10.4. The maximum Gasteiger partial charge on any atom is 2.00 e. The van der Waals surface area contributed by atoms with Crippen molar-refractivity contribution in [2.24, 2.45) is 0 Å². The molecule has 0 saturated carbocycles. The van der Waals surface area contributed by atoms with Gasteiger partial charge in [-0.3, -0.25) is 0 Å². The fourth-order valence-electron chi connectivity index (χ4n) is 1.56. The molecule has 1 saturated heterocycles. The standard InChI is InChI=1S/C5H10NO3S.C5H6NO3S.4H2O.Zn/c2*7-10(8,9)5-2-1-3-6-4-5;;;;;/h5H,1-4H2,(H,7,8,9);1-3H,4H2,(H,7,8,9);4*1H2;/q2*-1;;;;;+2/p-2. The van der Waals surface area contributed by atoms with Crippen LogP contribution in [0.4, 0.5) is 0 Å². The van der Waals surface area contributed by atoms with Crippen molar-refractivity contribution in [3.8, 4) is 0 Å². The minimum atomic E-state index is -4.26. The third-order valence-corrected chi connectivity index (χ3v) is 4.73. The first-order chi connectivity index (χ1) is 9.21. The number of hydrogen-bond donors (Lipinski definition) is 0. The molecule has 15 heteroatoms. The summed E-state index contributed by atoms with van der Waals surface area (Å²) in [5.74, 6) is 0. The van der Waals surface area contributed by atoms with Gasteiger partial charge in [-0.05, 0) is 6.42 Å². The first-order valence-corrected chi connectivity index (χ1v) is 8.65. The van der Waals surface area contributed by atoms with Crippen molar-refractivity contribution in [3.63, 3.8) is 0 Å². The van der Waals surface area contributed by atoms with E-state index in [-0.39, 0.29) is 59.4 Å². The third kappa shape index (κ3) is 14.4. The summed E-state index contributed by atoms with van der Waals surface area (Å²) in [7, 11) is -8.33. The van der Waals surface area contributed by atoms with Crippen LogP contribution in [0.1, 0.15) is 12.8 Å². The Bertz CT molecular complexity index is 585. The fourth-order valence-corrected chi connectivity index (χ4v) is 2.78. The van der Waals surface area contributed by atoms with Crippen molar-refractivity contribution in [3.05, 3.63) is 33.9 Å². The van der Waals surface area contributed by atoms with Crippen molar-refractivity contribution < 1.29 is 67.3 Å². The predicted octanol–water partition coefficient (Wildman–Crippen LogP) is -2.92. The molecule has 8 N–H and O–H groups in total. The van der Waals surface area contributed by atoms with Gasteiger partial charge in [0.15, 0.2) is 0 Å². The number of nitrogens with zero attached hydrogens (tertiary/aromatic N) is 2. The molecule has 0 aromatic carbocycles. The zero-order valence-electron chi connectivity index (χ0n) is 13.2. The van der Waals surface area contributed by atoms with Crippen LogP contribution in [0.25, 0.3) is 10.6 Å². The summed E-state index contributed by atoms with van der Waals surface area (Å²) in [5, 5.41) is 6.69. The molecule has 0 aliphatic carbocycles. The molecule has 2 aliphatic rings. The average Bonchev–Trinajstić information content (AvgIpc) is 2.40. The SMILES string of the molecule is O.O.O.O.O=S(=O)([O-])C1=CC=C[N-]C1.O=S(=O)([O-])C1CCC[N-]C1.[Zn+2]. The molecule has 0 aromatic rings. The Labute approximate surface area is 159 Å². The van der Waals surface area contributed by atoms with Crippen LogP contribution >= 0.6 is 0 Å². The van der Waals surface area contributed by atoms with Gasteiger partial charge in [0.05, 0.1) is 10.1 Å². The number of rotatable bonds is 2. The summed E-state index contributed by atoms with van der Waals surface area (Å²) in [4.78, 5) is -0.171. The van der Waals surface area contributed by atoms with Gasteiger partial charge >= 0.3 is 19.5 Å². The van der Waals surface area contributed by atoms with Crippen molar-refractivity contribution in [2.75, 3.05) is 19.6 Å². The Morgan fingerprint density at radius 2 is 1.60 bits per heavy atom. The van der Waals surface area contributed by atoms with E-state index >= 15 is 0 Å². The maximum atomic E-state index is 10.4. The van der Waals surface area contributed by atoms with Crippen molar-refractivity contribution >= 4 is 20.2 Å². The minimum absolute atomic E-state index is 0. The summed E-state index contributed by atoms with van der Waals surface area (Å²) < 4.78 is 61.9. The van der Waals surface area contributed by atoms with Crippen LogP contribution in [0.2, 0.25) is 0 Å². The van der Waals surface area contributed by atoms with Gasteiger partial charge < -0.3 is 41.6 Å². The van der Waals surface area contributed by atoms with Gasteiger partial charge in [-0.15, -0.1) is 13.1 Å². The molecule has 0 radical (unpaired) electrons. The second-order valence-corrected chi connectivity index (χ2v) is 7.24. The molecule has 0 aromatic heterocycles. The van der Waals surface area contributed by atoms with Crippen molar-refractivity contribution in [1.29, 1.82) is 0 Å². The summed E-state index contributed by atoms with van der Waals surface area (Å²) in [6.45, 7) is 0.875. The largest absolute Gasteiger partial charge is 2.00 e. The molecular formula is C10H22N2O10S2Zn-2. The molecule has 2 heterocycles. The molecule has 1 atom stereocenters. The molecule has 25 heavy (non-hydrogen) atoms. The van der Waals surface area contributed by atoms with Gasteiger partial charge in [-0.2, -0.15) is 6.20 Å². The normalized spacial score (nSPS) is 18.5. The van der Waals surface area contributed by atoms with Gasteiger partial charge in [-0.25, -0.2) is 16.8 Å². The van der Waals surface area contributed by atoms with E-state index in [1.165, 1.54) is 18.4 Å². The Kier molecular flexibility index (Phi) is 22.4. The molecule has 0 spiro atoms. The van der Waals surface area contributed by atoms with Gasteiger partial charge in [0.2, 0.25) is 0 Å². The van der Waals surface area contributed by atoms with Crippen molar-refractivity contribution in [2.45, 2.75) is 18.1 Å². The summed E-state index contributed by atoms with van der Waals surface area (Å²) in [6.07, 6.45) is 5.35. The van der Waals surface area contributed by atoms with Crippen LogP contribution < -0.4 is 0 Å². The third-order valence-electron chi connectivity index (χ3n) is 2.63. The molecule has 2 aliphatic heterocycles. The van der Waals surface area contributed by atoms with E-state index in [1.54, 1.807) is 0 Å². The Morgan fingerprint density at radius 3 is 1.84 bits per heavy atom. The summed E-state index contributed by atoms with van der Waals surface area (Å²) in [5.41, 5.74) is 0. The van der Waals surface area contributed by atoms with Crippen molar-refractivity contribution in [1.82, 2.24) is 0 Å². The van der Waals surface area contributed by atoms with E-state index < -0.39 is 25.5 Å². The molecule has 148 valence electrons. The van der Waals surface area contributed by atoms with Crippen LogP contribution in [-0.4, -0.2) is 72.7 Å². The number of hydrogen-bond acceptors (Lipinski definition) is 6. The van der Waals surface area contributed by atoms with E-state index in [0.717, 1.165) is 6.42 Å². The van der Waals surface area contributed by atoms with Gasteiger partial charge in [0.25, 0.3) is 0 Å². The van der Waals surface area contributed by atoms with Crippen LogP contribution in [0.3, 0.4) is 0 Å². The summed E-state index contributed by atoms with van der Waals surface area (Å²) in [6, 6.07) is 0. The van der Waals surface area contributed by atoms with E-state index in [9.17, 15) is 25.9 Å². The van der Waals surface area contributed by atoms with Gasteiger partial charge in [-0.1, -0.05) is 25.1 Å². The van der Waals surface area contributed by atoms with E-state index in [1.807, 2.05) is 0 Å². The molecule has 1 fully saturated rings. The smallest absolute Gasteiger partial charge is 0.748 e. The average molecular weight is 460 g/mol. The second-order valence-electron chi connectivity index (χ2n) is 4.16. The fraction of sp³-hybridized carbons (Fsp3) is 0.600. The first-order valence-electron chi connectivity index (χ1n) is 5.77. The quantitative estimate of drug-likeness (QED) is 0.307. The van der Waals surface area contributed by atoms with Crippen LogP contribution in [0.5, 0.6) is 0 Å². The number of piperidine rings is 1. The predicted molar refractivity (Wildman–Crippen MR) is 85.4 cm³/mol. The molecule has 0 bridgehead atoms. The minimum Gasteiger partial charge on any atom is -0.748 e. The molecular weight excluding hydrogens is 438 g/mol. The van der Waals surface area contributed by atoms with Gasteiger partial charge in [0, 0.05) is 10.2 Å². The van der Waals surface area contributed by atoms with Gasteiger partial charge in [0.1, 0.15) is 10.1 Å². The van der Waals surface area contributed by atoms with E-state index in [0.29, 0.717) is 13.0 Å². The molecule has 12 nitrogen and oxygen atoms in total. The zero-order valence-corrected chi connectivity index (χ0v) is 17.8. The summed E-state index contributed by atoms with van der Waals surface area (Å²) >= 11 is 0. The van der Waals surface area contributed by atoms with Crippen LogP contribution in [-0.2, 0) is 39.7 Å². The second kappa shape index (κ2) is 15.8. The van der Waals surface area contributed by atoms with Crippen LogP contribution in [0.15, 0.2) is 23.3 Å².